The van der Waals surface area contributed by atoms with Gasteiger partial charge in [-0.05, 0) is 11.6 Å². The summed E-state index contributed by atoms with van der Waals surface area (Å²) in [5.74, 6) is -1.85. The summed E-state index contributed by atoms with van der Waals surface area (Å²) in [5.41, 5.74) is 0.364. The van der Waals surface area contributed by atoms with Crippen LogP contribution in [0.15, 0.2) is 30.6 Å². The van der Waals surface area contributed by atoms with Crippen molar-refractivity contribution in [3.8, 4) is 5.88 Å². The van der Waals surface area contributed by atoms with Crippen LogP contribution in [0.4, 0.5) is 10.2 Å². The molecule has 0 fully saturated rings. The van der Waals surface area contributed by atoms with Crippen LogP contribution in [0, 0.1) is 5.82 Å². The fourth-order valence-electron chi connectivity index (χ4n) is 1.55. The van der Waals surface area contributed by atoms with E-state index in [2.05, 4.69) is 15.3 Å². The molecule has 0 aliphatic rings. The van der Waals surface area contributed by atoms with Gasteiger partial charge in [0.25, 0.3) is 0 Å². The van der Waals surface area contributed by atoms with E-state index in [0.717, 1.165) is 11.6 Å². The van der Waals surface area contributed by atoms with E-state index in [1.807, 2.05) is 0 Å². The molecular formula is C13H12FN3O3. The Morgan fingerprint density at radius 3 is 2.80 bits per heavy atom. The van der Waals surface area contributed by atoms with Crippen LogP contribution >= 0.6 is 0 Å². The number of carbonyl (C=O) groups is 1. The molecule has 7 heteroatoms. The van der Waals surface area contributed by atoms with Gasteiger partial charge in [0.15, 0.2) is 11.6 Å². The van der Waals surface area contributed by atoms with Gasteiger partial charge in [0.1, 0.15) is 5.56 Å². The number of halogens is 1. The Kier molecular flexibility index (Phi) is 4.09. The van der Waals surface area contributed by atoms with E-state index >= 15 is 0 Å². The minimum Gasteiger partial charge on any atom is -0.481 e. The molecule has 20 heavy (non-hydrogen) atoms. The van der Waals surface area contributed by atoms with Crippen molar-refractivity contribution in [2.24, 2.45) is 0 Å². The van der Waals surface area contributed by atoms with Gasteiger partial charge in [-0.15, -0.1) is 0 Å². The molecule has 0 unspecified atom stereocenters. The molecule has 0 saturated heterocycles. The van der Waals surface area contributed by atoms with Gasteiger partial charge in [-0.3, -0.25) is 0 Å². The molecule has 0 aliphatic heterocycles. The van der Waals surface area contributed by atoms with E-state index in [4.69, 9.17) is 9.84 Å². The maximum Gasteiger partial charge on any atom is 0.338 e. The molecule has 2 rings (SSSR count). The fraction of sp³-hybridized carbons (Fsp3) is 0.154. The quantitative estimate of drug-likeness (QED) is 0.868. The second-order valence-electron chi connectivity index (χ2n) is 3.89. The van der Waals surface area contributed by atoms with Crippen LogP contribution < -0.4 is 10.1 Å². The Bertz CT molecular complexity index is 617. The lowest BCUT2D eigenvalue weighted by molar-refractivity contribution is 0.0692. The third kappa shape index (κ3) is 3.00. The number of carboxylic acids is 1. The van der Waals surface area contributed by atoms with Gasteiger partial charge in [-0.1, -0.05) is 6.07 Å². The number of aromatic nitrogens is 2. The van der Waals surface area contributed by atoms with E-state index < -0.39 is 17.3 Å². The molecule has 0 radical (unpaired) electrons. The van der Waals surface area contributed by atoms with Crippen molar-refractivity contribution in [2.45, 2.75) is 6.54 Å². The number of methoxy groups -OCH3 is 1. The van der Waals surface area contributed by atoms with Gasteiger partial charge >= 0.3 is 5.97 Å². The number of anilines is 1. The van der Waals surface area contributed by atoms with Crippen LogP contribution in [0.3, 0.4) is 0 Å². The van der Waals surface area contributed by atoms with Crippen LogP contribution in [-0.4, -0.2) is 28.2 Å². The van der Waals surface area contributed by atoms with Crippen LogP contribution in [-0.2, 0) is 6.54 Å². The standard InChI is InChI=1S/C13H12FN3O3/c1-20-10-3-2-8(6-16-10)7-17-12-11(14)9(13(18)19)4-5-15-12/h2-6H,7H2,1H3,(H,15,17)(H,18,19). The first-order valence-corrected chi connectivity index (χ1v) is 5.72. The van der Waals surface area contributed by atoms with Crippen molar-refractivity contribution in [2.75, 3.05) is 12.4 Å². The number of nitrogens with one attached hydrogen (secondary N) is 1. The van der Waals surface area contributed by atoms with E-state index in [0.29, 0.717) is 5.88 Å². The predicted molar refractivity (Wildman–Crippen MR) is 69.3 cm³/mol. The Hall–Kier alpha value is -2.70. The Morgan fingerprint density at radius 2 is 2.20 bits per heavy atom. The summed E-state index contributed by atoms with van der Waals surface area (Å²) in [4.78, 5) is 18.6. The highest BCUT2D eigenvalue weighted by Gasteiger charge is 2.14. The van der Waals surface area contributed by atoms with Crippen molar-refractivity contribution in [3.05, 3.63) is 47.5 Å². The highest BCUT2D eigenvalue weighted by Crippen LogP contribution is 2.16. The summed E-state index contributed by atoms with van der Waals surface area (Å²) < 4.78 is 18.7. The molecule has 0 spiro atoms. The zero-order valence-electron chi connectivity index (χ0n) is 10.6. The normalized spacial score (nSPS) is 10.1. The summed E-state index contributed by atoms with van der Waals surface area (Å²) >= 11 is 0. The summed E-state index contributed by atoms with van der Waals surface area (Å²) in [6.45, 7) is 0.268. The molecule has 2 heterocycles. The molecule has 6 nitrogen and oxygen atoms in total. The summed E-state index contributed by atoms with van der Waals surface area (Å²) in [6.07, 6.45) is 2.81. The maximum absolute atomic E-state index is 13.8. The molecule has 2 aromatic rings. The SMILES string of the molecule is COc1ccc(CNc2nccc(C(=O)O)c2F)cn1. The van der Waals surface area contributed by atoms with E-state index in [1.54, 1.807) is 18.3 Å². The van der Waals surface area contributed by atoms with Crippen LogP contribution in [0.25, 0.3) is 0 Å². The van der Waals surface area contributed by atoms with Crippen molar-refractivity contribution in [1.82, 2.24) is 9.97 Å². The smallest absolute Gasteiger partial charge is 0.338 e. The van der Waals surface area contributed by atoms with Crippen molar-refractivity contribution in [3.63, 3.8) is 0 Å². The van der Waals surface area contributed by atoms with Crippen LogP contribution in [0.2, 0.25) is 0 Å². The fourth-order valence-corrected chi connectivity index (χ4v) is 1.55. The highest BCUT2D eigenvalue weighted by atomic mass is 19.1. The molecule has 0 atom stereocenters. The van der Waals surface area contributed by atoms with Gasteiger partial charge in [-0.2, -0.15) is 0 Å². The molecule has 0 aliphatic carbocycles. The molecule has 0 bridgehead atoms. The molecule has 2 aromatic heterocycles. The number of carboxylic acid groups (broad SMARTS) is 1. The van der Waals surface area contributed by atoms with Gasteiger partial charge in [-0.25, -0.2) is 19.2 Å². The molecule has 0 aromatic carbocycles. The van der Waals surface area contributed by atoms with E-state index in [1.165, 1.54) is 13.3 Å². The number of ether oxygens (including phenoxy) is 1. The average molecular weight is 277 g/mol. The lowest BCUT2D eigenvalue weighted by Crippen LogP contribution is -2.08. The van der Waals surface area contributed by atoms with Crippen molar-refractivity contribution < 1.29 is 19.0 Å². The number of hydrogen-bond donors (Lipinski definition) is 2. The molecule has 0 amide bonds. The maximum atomic E-state index is 13.8. The van der Waals surface area contributed by atoms with Gasteiger partial charge in [0, 0.05) is 25.0 Å². The first-order valence-electron chi connectivity index (χ1n) is 5.72. The van der Waals surface area contributed by atoms with Crippen molar-refractivity contribution in [1.29, 1.82) is 0 Å². The first kappa shape index (κ1) is 13.7. The van der Waals surface area contributed by atoms with Gasteiger partial charge in [0.2, 0.25) is 5.88 Å². The lowest BCUT2D eigenvalue weighted by Gasteiger charge is -2.08. The van der Waals surface area contributed by atoms with E-state index in [-0.39, 0.29) is 12.4 Å². The second-order valence-corrected chi connectivity index (χ2v) is 3.89. The zero-order valence-corrected chi connectivity index (χ0v) is 10.6. The lowest BCUT2D eigenvalue weighted by atomic mass is 10.2. The number of hydrogen-bond acceptors (Lipinski definition) is 5. The second kappa shape index (κ2) is 5.96. The third-order valence-corrected chi connectivity index (χ3v) is 2.59. The zero-order chi connectivity index (χ0) is 14.5. The Morgan fingerprint density at radius 1 is 1.40 bits per heavy atom. The first-order chi connectivity index (χ1) is 9.61. The number of aromatic carboxylic acids is 1. The third-order valence-electron chi connectivity index (χ3n) is 2.59. The summed E-state index contributed by atoms with van der Waals surface area (Å²) in [5, 5.41) is 11.5. The minimum absolute atomic E-state index is 0.110. The predicted octanol–water partition coefficient (Wildman–Crippen LogP) is 1.93. The average Bonchev–Trinajstić information content (AvgIpc) is 2.46. The van der Waals surface area contributed by atoms with Gasteiger partial charge < -0.3 is 15.2 Å². The number of pyridine rings is 2. The highest BCUT2D eigenvalue weighted by molar-refractivity contribution is 5.88. The molecule has 0 saturated carbocycles. The topological polar surface area (TPSA) is 84.3 Å². The summed E-state index contributed by atoms with van der Waals surface area (Å²) in [6, 6.07) is 4.55. The largest absolute Gasteiger partial charge is 0.481 e. The Labute approximate surface area is 114 Å². The number of nitrogens with zero attached hydrogens (tertiary/aromatic N) is 2. The molecule has 104 valence electrons. The monoisotopic (exact) mass is 277 g/mol. The van der Waals surface area contributed by atoms with E-state index in [9.17, 15) is 9.18 Å². The minimum atomic E-state index is -1.33. The number of rotatable bonds is 5. The summed E-state index contributed by atoms with van der Waals surface area (Å²) in [7, 11) is 1.51. The molecule has 2 N–H and O–H groups in total. The van der Waals surface area contributed by atoms with Gasteiger partial charge in [0.05, 0.1) is 7.11 Å². The van der Waals surface area contributed by atoms with Crippen molar-refractivity contribution >= 4 is 11.8 Å². The van der Waals surface area contributed by atoms with Crippen LogP contribution in [0.1, 0.15) is 15.9 Å². The Balaban J connectivity index is 2.10. The van der Waals surface area contributed by atoms with Crippen LogP contribution in [0.5, 0.6) is 5.88 Å². The molecular weight excluding hydrogens is 265 g/mol.